The van der Waals surface area contributed by atoms with E-state index in [0.29, 0.717) is 23.9 Å². The lowest BCUT2D eigenvalue weighted by atomic mass is 9.80. The van der Waals surface area contributed by atoms with Crippen molar-refractivity contribution < 1.29 is 28.2 Å². The summed E-state index contributed by atoms with van der Waals surface area (Å²) in [6, 6.07) is 17.7. The Hall–Kier alpha value is -4.31. The van der Waals surface area contributed by atoms with Crippen LogP contribution in [0.25, 0.3) is 17.1 Å². The molecule has 8 nitrogen and oxygen atoms in total. The molecular formula is C32H32F2N4O4. The summed E-state index contributed by atoms with van der Waals surface area (Å²) in [6.07, 6.45) is 2.15. The summed E-state index contributed by atoms with van der Waals surface area (Å²) in [5, 5.41) is 13.6. The van der Waals surface area contributed by atoms with Gasteiger partial charge in [0.1, 0.15) is 17.9 Å². The van der Waals surface area contributed by atoms with Gasteiger partial charge in [0.25, 0.3) is 0 Å². The molecule has 42 heavy (non-hydrogen) atoms. The van der Waals surface area contributed by atoms with Gasteiger partial charge in [0.2, 0.25) is 11.8 Å². The Kier molecular flexibility index (Phi) is 7.40. The summed E-state index contributed by atoms with van der Waals surface area (Å²) >= 11 is 0. The highest BCUT2D eigenvalue weighted by molar-refractivity contribution is 5.90. The maximum absolute atomic E-state index is 13.2. The van der Waals surface area contributed by atoms with Crippen LogP contribution in [0.15, 0.2) is 60.8 Å². The van der Waals surface area contributed by atoms with E-state index in [2.05, 4.69) is 28.2 Å². The molecule has 1 fully saturated rings. The van der Waals surface area contributed by atoms with E-state index in [1.807, 2.05) is 37.3 Å². The first-order valence-corrected chi connectivity index (χ1v) is 14.0. The minimum Gasteiger partial charge on any atom is -0.488 e. The number of alkyl halides is 2. The molecule has 2 aliphatic rings. The number of carboxylic acid groups (broad SMARTS) is 1. The monoisotopic (exact) mass is 574 g/mol. The number of hydrogen-bond acceptors (Lipinski definition) is 6. The first-order chi connectivity index (χ1) is 20.2. The SMILES string of the molecule is COc1c(C(=O)O)cnn1-c1cccc(-c2cccc(C)c2OCc2ccc3c(c2)CCN(CC2CC(F)(F)C2)C3)n1. The van der Waals surface area contributed by atoms with E-state index in [1.54, 1.807) is 6.07 Å². The third-order valence-corrected chi connectivity index (χ3v) is 8.02. The number of ether oxygens (including phenoxy) is 2. The molecule has 0 atom stereocenters. The van der Waals surface area contributed by atoms with Gasteiger partial charge < -0.3 is 14.6 Å². The molecule has 218 valence electrons. The van der Waals surface area contributed by atoms with E-state index in [1.165, 1.54) is 29.1 Å². The minimum absolute atomic E-state index is 0.0103. The summed E-state index contributed by atoms with van der Waals surface area (Å²) in [7, 11) is 1.39. The molecule has 1 aliphatic carbocycles. The van der Waals surface area contributed by atoms with Gasteiger partial charge in [-0.05, 0) is 59.7 Å². The zero-order valence-corrected chi connectivity index (χ0v) is 23.5. The number of halogens is 2. The molecule has 0 saturated heterocycles. The Morgan fingerprint density at radius 1 is 1.12 bits per heavy atom. The van der Waals surface area contributed by atoms with Crippen LogP contribution in [0.4, 0.5) is 8.78 Å². The van der Waals surface area contributed by atoms with Gasteiger partial charge >= 0.3 is 5.97 Å². The lowest BCUT2D eigenvalue weighted by Crippen LogP contribution is -2.43. The van der Waals surface area contributed by atoms with Gasteiger partial charge in [-0.25, -0.2) is 18.6 Å². The fourth-order valence-electron chi connectivity index (χ4n) is 5.93. The number of para-hydroxylation sites is 1. The first kappa shape index (κ1) is 27.8. The Balaban J connectivity index is 1.18. The second-order valence-electron chi connectivity index (χ2n) is 11.1. The van der Waals surface area contributed by atoms with E-state index in [-0.39, 0.29) is 30.2 Å². The van der Waals surface area contributed by atoms with E-state index in [9.17, 15) is 18.7 Å². The zero-order valence-electron chi connectivity index (χ0n) is 23.5. The Bertz CT molecular complexity index is 1630. The number of nitrogens with zero attached hydrogens (tertiary/aromatic N) is 4. The predicted octanol–water partition coefficient (Wildman–Crippen LogP) is 5.93. The average Bonchev–Trinajstić information content (AvgIpc) is 3.40. The lowest BCUT2D eigenvalue weighted by Gasteiger charge is -2.39. The largest absolute Gasteiger partial charge is 0.488 e. The average molecular weight is 575 g/mol. The first-order valence-electron chi connectivity index (χ1n) is 14.0. The van der Waals surface area contributed by atoms with Crippen LogP contribution in [0, 0.1) is 12.8 Å². The van der Waals surface area contributed by atoms with Crippen LogP contribution in [-0.4, -0.2) is 56.9 Å². The van der Waals surface area contributed by atoms with Gasteiger partial charge in [-0.3, -0.25) is 4.90 Å². The van der Waals surface area contributed by atoms with Crippen LogP contribution >= 0.6 is 0 Å². The Labute approximate surface area is 242 Å². The zero-order chi connectivity index (χ0) is 29.4. The summed E-state index contributed by atoms with van der Waals surface area (Å²) in [5.74, 6) is -2.29. The van der Waals surface area contributed by atoms with Crippen molar-refractivity contribution in [2.24, 2.45) is 5.92 Å². The molecule has 1 aliphatic heterocycles. The van der Waals surface area contributed by atoms with Crippen molar-refractivity contribution in [1.82, 2.24) is 19.7 Å². The number of aromatic carboxylic acids is 1. The number of carbonyl (C=O) groups is 1. The molecule has 2 aromatic heterocycles. The molecule has 10 heteroatoms. The number of hydrogen-bond donors (Lipinski definition) is 1. The Morgan fingerprint density at radius 2 is 1.93 bits per heavy atom. The fourth-order valence-corrected chi connectivity index (χ4v) is 5.93. The van der Waals surface area contributed by atoms with Crippen molar-refractivity contribution in [2.45, 2.75) is 45.3 Å². The molecule has 2 aromatic carbocycles. The second-order valence-corrected chi connectivity index (χ2v) is 11.1. The summed E-state index contributed by atoms with van der Waals surface area (Å²) < 4.78 is 39.6. The number of aromatic nitrogens is 3. The van der Waals surface area contributed by atoms with Crippen molar-refractivity contribution in [3.8, 4) is 28.7 Å². The molecule has 0 spiro atoms. The molecular weight excluding hydrogens is 542 g/mol. The third-order valence-electron chi connectivity index (χ3n) is 8.02. The van der Waals surface area contributed by atoms with Crippen molar-refractivity contribution >= 4 is 5.97 Å². The highest BCUT2D eigenvalue weighted by atomic mass is 19.3. The number of aryl methyl sites for hydroxylation is 1. The van der Waals surface area contributed by atoms with Gasteiger partial charge in [0, 0.05) is 38.0 Å². The maximum atomic E-state index is 13.2. The van der Waals surface area contributed by atoms with Gasteiger partial charge in [-0.15, -0.1) is 0 Å². The van der Waals surface area contributed by atoms with Crippen LogP contribution in [0.1, 0.15) is 45.5 Å². The minimum atomic E-state index is -2.47. The predicted molar refractivity (Wildman–Crippen MR) is 152 cm³/mol. The molecule has 4 aromatic rings. The fraction of sp³-hybridized carbons (Fsp3) is 0.344. The molecule has 0 bridgehead atoms. The van der Waals surface area contributed by atoms with Crippen molar-refractivity contribution in [3.63, 3.8) is 0 Å². The van der Waals surface area contributed by atoms with Crippen molar-refractivity contribution in [2.75, 3.05) is 20.2 Å². The number of benzene rings is 2. The van der Waals surface area contributed by atoms with Crippen LogP contribution in [-0.2, 0) is 19.6 Å². The number of fused-ring (bicyclic) bond motifs is 1. The standard InChI is InChI=1S/C32H32F2N4O4/c1-20-5-3-6-25(27-7-4-8-28(36-27)38-30(41-2)26(16-35-38)31(39)40)29(20)42-19-21-9-10-24-18-37(12-11-23(24)13-21)17-22-14-32(33,34)15-22/h3-10,13,16,22H,11-12,14-15,17-19H2,1-2H3,(H,39,40). The molecule has 6 rings (SSSR count). The van der Waals surface area contributed by atoms with Crippen LogP contribution in [0.5, 0.6) is 11.6 Å². The summed E-state index contributed by atoms with van der Waals surface area (Å²) in [4.78, 5) is 18.6. The normalized spacial score (nSPS) is 16.5. The molecule has 3 heterocycles. The van der Waals surface area contributed by atoms with Crippen LogP contribution in [0.3, 0.4) is 0 Å². The quantitative estimate of drug-likeness (QED) is 0.265. The number of rotatable bonds is 9. The van der Waals surface area contributed by atoms with Crippen LogP contribution < -0.4 is 9.47 Å². The third kappa shape index (κ3) is 5.59. The smallest absolute Gasteiger partial charge is 0.342 e. The van der Waals surface area contributed by atoms with Gasteiger partial charge in [0.05, 0.1) is 19.0 Å². The van der Waals surface area contributed by atoms with Gasteiger partial charge in [-0.1, -0.05) is 36.4 Å². The van der Waals surface area contributed by atoms with E-state index < -0.39 is 11.9 Å². The molecule has 0 radical (unpaired) electrons. The van der Waals surface area contributed by atoms with Gasteiger partial charge in [0.15, 0.2) is 5.82 Å². The van der Waals surface area contributed by atoms with Gasteiger partial charge in [-0.2, -0.15) is 9.78 Å². The van der Waals surface area contributed by atoms with Crippen molar-refractivity contribution in [1.29, 1.82) is 0 Å². The van der Waals surface area contributed by atoms with Crippen LogP contribution in [0.2, 0.25) is 0 Å². The summed E-state index contributed by atoms with van der Waals surface area (Å²) in [5.41, 5.74) is 5.93. The molecule has 1 N–H and O–H groups in total. The number of pyridine rings is 1. The maximum Gasteiger partial charge on any atom is 0.342 e. The van der Waals surface area contributed by atoms with E-state index >= 15 is 0 Å². The molecule has 0 amide bonds. The number of carboxylic acids is 1. The van der Waals surface area contributed by atoms with Crippen molar-refractivity contribution in [3.05, 3.63) is 88.6 Å². The topological polar surface area (TPSA) is 89.7 Å². The Morgan fingerprint density at radius 3 is 2.69 bits per heavy atom. The molecule has 0 unspecified atom stereocenters. The summed E-state index contributed by atoms with van der Waals surface area (Å²) in [6.45, 7) is 4.76. The molecule has 1 saturated carbocycles. The van der Waals surface area contributed by atoms with E-state index in [4.69, 9.17) is 14.5 Å². The highest BCUT2D eigenvalue weighted by Crippen LogP contribution is 2.43. The lowest BCUT2D eigenvalue weighted by molar-refractivity contribution is -0.117. The highest BCUT2D eigenvalue weighted by Gasteiger charge is 2.45. The second kappa shape index (κ2) is 11.2. The number of methoxy groups -OCH3 is 1. The van der Waals surface area contributed by atoms with E-state index in [0.717, 1.165) is 42.7 Å².